The van der Waals surface area contributed by atoms with Crippen molar-refractivity contribution in [1.82, 2.24) is 5.32 Å². The molecular weight excluding hydrogens is 437 g/mol. The number of carbonyl (C=O) groups excluding carboxylic acids is 1. The number of halogens is 2. The molecule has 1 atom stereocenters. The minimum absolute atomic E-state index is 0.0864. The van der Waals surface area contributed by atoms with Gasteiger partial charge in [0, 0.05) is 16.0 Å². The normalized spacial score (nSPS) is 13.2. The lowest BCUT2D eigenvalue weighted by molar-refractivity contribution is -0.137. The maximum atomic E-state index is 12.6. The topological polar surface area (TPSA) is 75.6 Å². The van der Waals surface area contributed by atoms with Crippen LogP contribution in [0.1, 0.15) is 35.1 Å². The molecule has 1 aliphatic rings. The van der Waals surface area contributed by atoms with Gasteiger partial charge in [-0.1, -0.05) is 71.7 Å². The number of fused-ring (bicyclic) bond motifs is 3. The van der Waals surface area contributed by atoms with Gasteiger partial charge in [-0.2, -0.15) is 0 Å². The summed E-state index contributed by atoms with van der Waals surface area (Å²) in [5.74, 6) is -1.16. The number of rotatable bonds is 6. The van der Waals surface area contributed by atoms with Gasteiger partial charge in [-0.3, -0.25) is 4.79 Å². The maximum Gasteiger partial charge on any atom is 0.407 e. The summed E-state index contributed by atoms with van der Waals surface area (Å²) in [6.45, 7) is 0.135. The summed E-state index contributed by atoms with van der Waals surface area (Å²) in [5, 5.41) is 12.6. The number of carboxylic acid groups (broad SMARTS) is 1. The third kappa shape index (κ3) is 4.68. The summed E-state index contributed by atoms with van der Waals surface area (Å²) in [6, 6.07) is 19.9. The Morgan fingerprint density at radius 3 is 2.03 bits per heavy atom. The van der Waals surface area contributed by atoms with E-state index in [4.69, 9.17) is 27.9 Å². The van der Waals surface area contributed by atoms with Crippen LogP contribution < -0.4 is 5.32 Å². The van der Waals surface area contributed by atoms with Crippen molar-refractivity contribution in [3.8, 4) is 11.1 Å². The Labute approximate surface area is 189 Å². The fourth-order valence-corrected chi connectivity index (χ4v) is 4.53. The van der Waals surface area contributed by atoms with Gasteiger partial charge in [-0.05, 0) is 46.0 Å². The molecular formula is C24H19Cl2NO4. The predicted octanol–water partition coefficient (Wildman–Crippen LogP) is 6.05. The summed E-state index contributed by atoms with van der Waals surface area (Å²) in [4.78, 5) is 23.9. The minimum atomic E-state index is -1.07. The zero-order valence-corrected chi connectivity index (χ0v) is 17.9. The smallest absolute Gasteiger partial charge is 0.407 e. The van der Waals surface area contributed by atoms with Crippen LogP contribution in [0.5, 0.6) is 0 Å². The Kier molecular flexibility index (Phi) is 6.16. The second kappa shape index (κ2) is 9.00. The van der Waals surface area contributed by atoms with Crippen molar-refractivity contribution < 1.29 is 19.4 Å². The Balaban J connectivity index is 1.49. The second-order valence-corrected chi connectivity index (χ2v) is 8.20. The van der Waals surface area contributed by atoms with Gasteiger partial charge < -0.3 is 15.2 Å². The molecule has 0 aliphatic heterocycles. The van der Waals surface area contributed by atoms with E-state index in [0.29, 0.717) is 15.6 Å². The number of amides is 1. The van der Waals surface area contributed by atoms with Crippen LogP contribution in [0.15, 0.2) is 66.7 Å². The van der Waals surface area contributed by atoms with Crippen molar-refractivity contribution in [2.45, 2.75) is 18.4 Å². The summed E-state index contributed by atoms with van der Waals surface area (Å²) in [6.07, 6.45) is -1.04. The lowest BCUT2D eigenvalue weighted by atomic mass is 9.98. The lowest BCUT2D eigenvalue weighted by Gasteiger charge is -2.19. The number of benzene rings is 3. The van der Waals surface area contributed by atoms with Crippen LogP contribution in [0.25, 0.3) is 11.1 Å². The monoisotopic (exact) mass is 455 g/mol. The first kappa shape index (κ1) is 21.2. The highest BCUT2D eigenvalue weighted by Gasteiger charge is 2.29. The van der Waals surface area contributed by atoms with Crippen LogP contribution in [0.4, 0.5) is 4.79 Å². The van der Waals surface area contributed by atoms with Gasteiger partial charge >= 0.3 is 12.1 Å². The average Bonchev–Trinajstić information content (AvgIpc) is 3.05. The number of hydrogen-bond acceptors (Lipinski definition) is 3. The van der Waals surface area contributed by atoms with E-state index in [9.17, 15) is 14.7 Å². The van der Waals surface area contributed by atoms with Gasteiger partial charge in [0.2, 0.25) is 0 Å². The number of aliphatic carboxylic acids is 1. The highest BCUT2D eigenvalue weighted by Crippen LogP contribution is 2.44. The molecule has 0 fully saturated rings. The number of alkyl carbamates (subject to hydrolysis) is 1. The van der Waals surface area contributed by atoms with E-state index in [1.165, 1.54) is 6.07 Å². The molecule has 0 bridgehead atoms. The van der Waals surface area contributed by atoms with E-state index in [1.54, 1.807) is 12.1 Å². The lowest BCUT2D eigenvalue weighted by Crippen LogP contribution is -2.31. The van der Waals surface area contributed by atoms with Crippen LogP contribution in [-0.2, 0) is 9.53 Å². The van der Waals surface area contributed by atoms with Crippen molar-refractivity contribution in [2.75, 3.05) is 6.61 Å². The molecule has 0 saturated heterocycles. The maximum absolute atomic E-state index is 12.6. The van der Waals surface area contributed by atoms with Gasteiger partial charge in [0.15, 0.2) is 0 Å². The Morgan fingerprint density at radius 2 is 1.48 bits per heavy atom. The Morgan fingerprint density at radius 1 is 0.935 bits per heavy atom. The summed E-state index contributed by atoms with van der Waals surface area (Å²) in [7, 11) is 0. The highest BCUT2D eigenvalue weighted by atomic mass is 35.5. The van der Waals surface area contributed by atoms with Crippen molar-refractivity contribution in [1.29, 1.82) is 0 Å². The molecule has 3 aromatic carbocycles. The van der Waals surface area contributed by atoms with Crippen molar-refractivity contribution in [3.05, 3.63) is 93.5 Å². The molecule has 0 radical (unpaired) electrons. The van der Waals surface area contributed by atoms with Crippen LogP contribution in [0.2, 0.25) is 10.0 Å². The molecule has 1 aliphatic carbocycles. The van der Waals surface area contributed by atoms with Gasteiger partial charge in [-0.15, -0.1) is 0 Å². The zero-order chi connectivity index (χ0) is 22.0. The third-order valence-electron chi connectivity index (χ3n) is 5.30. The van der Waals surface area contributed by atoms with Crippen molar-refractivity contribution in [2.24, 2.45) is 0 Å². The van der Waals surface area contributed by atoms with E-state index in [-0.39, 0.29) is 18.9 Å². The first-order valence-corrected chi connectivity index (χ1v) is 10.5. The summed E-state index contributed by atoms with van der Waals surface area (Å²) < 4.78 is 5.52. The van der Waals surface area contributed by atoms with Gasteiger partial charge in [-0.25, -0.2) is 4.79 Å². The summed E-state index contributed by atoms with van der Waals surface area (Å²) in [5.41, 5.74) is 4.95. The largest absolute Gasteiger partial charge is 0.481 e. The van der Waals surface area contributed by atoms with E-state index in [1.807, 2.05) is 36.4 Å². The summed E-state index contributed by atoms with van der Waals surface area (Å²) >= 11 is 12.1. The SMILES string of the molecule is O=C(O)C[C@@H](NC(=O)OCC1c2ccccc2-c2ccccc21)c1cc(Cl)cc(Cl)c1. The molecule has 7 heteroatoms. The van der Waals surface area contributed by atoms with Crippen molar-refractivity contribution >= 4 is 35.3 Å². The van der Waals surface area contributed by atoms with Crippen molar-refractivity contribution in [3.63, 3.8) is 0 Å². The first-order chi connectivity index (χ1) is 14.9. The standard InChI is InChI=1S/C24H19Cl2NO4/c25-15-9-14(10-16(26)11-15)22(12-23(28)29)27-24(30)31-13-21-19-7-3-1-5-17(19)18-6-2-4-8-20(18)21/h1-11,21-22H,12-13H2,(H,27,30)(H,28,29)/t22-/m1/s1. The molecule has 0 unspecified atom stereocenters. The zero-order valence-electron chi connectivity index (χ0n) is 16.3. The second-order valence-electron chi connectivity index (χ2n) is 7.32. The molecule has 4 rings (SSSR count). The van der Waals surface area contributed by atoms with E-state index >= 15 is 0 Å². The average molecular weight is 456 g/mol. The fraction of sp³-hybridized carbons (Fsp3) is 0.167. The van der Waals surface area contributed by atoms with Crippen LogP contribution >= 0.6 is 23.2 Å². The first-order valence-electron chi connectivity index (χ1n) is 9.71. The van der Waals surface area contributed by atoms with Gasteiger partial charge in [0.1, 0.15) is 6.61 Å². The molecule has 31 heavy (non-hydrogen) atoms. The van der Waals surface area contributed by atoms with E-state index < -0.39 is 18.1 Å². The molecule has 2 N–H and O–H groups in total. The molecule has 158 valence electrons. The molecule has 3 aromatic rings. The molecule has 0 saturated carbocycles. The number of hydrogen-bond donors (Lipinski definition) is 2. The number of carboxylic acids is 1. The van der Waals surface area contributed by atoms with Crippen LogP contribution in [0.3, 0.4) is 0 Å². The predicted molar refractivity (Wildman–Crippen MR) is 120 cm³/mol. The van der Waals surface area contributed by atoms with Gasteiger partial charge in [0.25, 0.3) is 0 Å². The molecule has 5 nitrogen and oxygen atoms in total. The number of nitrogens with one attached hydrogen (secondary N) is 1. The quantitative estimate of drug-likeness (QED) is 0.474. The number of ether oxygens (including phenoxy) is 1. The van der Waals surface area contributed by atoms with E-state index in [0.717, 1.165) is 22.3 Å². The molecule has 0 spiro atoms. The van der Waals surface area contributed by atoms with Crippen LogP contribution in [0, 0.1) is 0 Å². The van der Waals surface area contributed by atoms with E-state index in [2.05, 4.69) is 17.4 Å². The number of carbonyl (C=O) groups is 2. The van der Waals surface area contributed by atoms with Crippen LogP contribution in [-0.4, -0.2) is 23.8 Å². The fourth-order valence-electron chi connectivity index (χ4n) is 3.99. The Bertz CT molecular complexity index is 1080. The molecule has 0 heterocycles. The van der Waals surface area contributed by atoms with Gasteiger partial charge in [0.05, 0.1) is 12.5 Å². The molecule has 0 aromatic heterocycles. The molecule has 1 amide bonds. The highest BCUT2D eigenvalue weighted by molar-refractivity contribution is 6.34. The minimum Gasteiger partial charge on any atom is -0.481 e. The Hall–Kier alpha value is -3.02. The third-order valence-corrected chi connectivity index (χ3v) is 5.74.